The number of allylic oxidation sites excluding steroid dienone is 20. The second-order valence-corrected chi connectivity index (χ2v) is 16.7. The van der Waals surface area contributed by atoms with Crippen molar-refractivity contribution in [1.29, 1.82) is 0 Å². The second-order valence-electron chi connectivity index (χ2n) is 16.7. The lowest BCUT2D eigenvalue weighted by Gasteiger charge is -2.18. The van der Waals surface area contributed by atoms with Crippen LogP contribution >= 0.6 is 0 Å². The summed E-state index contributed by atoms with van der Waals surface area (Å²) in [6.45, 7) is 6.35. The van der Waals surface area contributed by atoms with E-state index in [1.165, 1.54) is 64.2 Å². The minimum absolute atomic E-state index is 0.124. The van der Waals surface area contributed by atoms with Gasteiger partial charge in [-0.3, -0.25) is 14.4 Å². The van der Waals surface area contributed by atoms with Gasteiger partial charge >= 0.3 is 17.9 Å². The maximum absolute atomic E-state index is 12.8. The van der Waals surface area contributed by atoms with E-state index in [0.717, 1.165) is 96.3 Å². The van der Waals surface area contributed by atoms with E-state index in [0.29, 0.717) is 19.3 Å². The van der Waals surface area contributed by atoms with E-state index in [1.54, 1.807) is 0 Å². The molecule has 0 saturated carbocycles. The number of unbranched alkanes of at least 4 members (excludes halogenated alkanes) is 14. The quantitative estimate of drug-likeness (QED) is 0.0262. The highest BCUT2D eigenvalue weighted by Crippen LogP contribution is 2.11. The van der Waals surface area contributed by atoms with E-state index in [-0.39, 0.29) is 44.0 Å². The summed E-state index contributed by atoms with van der Waals surface area (Å²) < 4.78 is 16.7. The molecule has 0 spiro atoms. The fourth-order valence-electron chi connectivity index (χ4n) is 6.53. The summed E-state index contributed by atoms with van der Waals surface area (Å²) in [5.41, 5.74) is 0. The molecule has 0 heterocycles. The first-order valence-electron chi connectivity index (χ1n) is 26.0. The molecule has 6 heteroatoms. The maximum Gasteiger partial charge on any atom is 0.306 e. The van der Waals surface area contributed by atoms with Crippen LogP contribution in [0, 0.1) is 0 Å². The Kier molecular flexibility index (Phi) is 49.1. The summed E-state index contributed by atoms with van der Waals surface area (Å²) >= 11 is 0. The van der Waals surface area contributed by atoms with Gasteiger partial charge in [-0.15, -0.1) is 0 Å². The lowest BCUT2D eigenvalue weighted by molar-refractivity contribution is -0.166. The Morgan fingerprint density at radius 2 is 0.631 bits per heavy atom. The Labute approximate surface area is 399 Å². The second kappa shape index (κ2) is 52.4. The molecular formula is C59H94O6. The smallest absolute Gasteiger partial charge is 0.306 e. The van der Waals surface area contributed by atoms with Crippen molar-refractivity contribution in [3.05, 3.63) is 122 Å². The molecule has 0 rings (SSSR count). The van der Waals surface area contributed by atoms with Gasteiger partial charge in [-0.1, -0.05) is 194 Å². The van der Waals surface area contributed by atoms with Crippen molar-refractivity contribution < 1.29 is 28.6 Å². The molecule has 0 aliphatic heterocycles. The summed E-state index contributed by atoms with van der Waals surface area (Å²) in [6.07, 6.45) is 71.9. The Morgan fingerprint density at radius 1 is 0.323 bits per heavy atom. The van der Waals surface area contributed by atoms with Crippen LogP contribution in [0.5, 0.6) is 0 Å². The van der Waals surface area contributed by atoms with Crippen molar-refractivity contribution in [2.45, 2.75) is 219 Å². The van der Waals surface area contributed by atoms with Gasteiger partial charge in [0.15, 0.2) is 6.10 Å². The van der Waals surface area contributed by atoms with Crippen LogP contribution in [0.3, 0.4) is 0 Å². The molecule has 0 amide bonds. The van der Waals surface area contributed by atoms with Gasteiger partial charge in [-0.05, 0) is 122 Å². The Bertz CT molecular complexity index is 1400. The average molecular weight is 899 g/mol. The van der Waals surface area contributed by atoms with E-state index in [4.69, 9.17) is 14.2 Å². The number of esters is 3. The highest BCUT2D eigenvalue weighted by molar-refractivity contribution is 5.71. The van der Waals surface area contributed by atoms with Crippen LogP contribution in [0.15, 0.2) is 122 Å². The molecule has 0 aliphatic rings. The van der Waals surface area contributed by atoms with Gasteiger partial charge in [0.2, 0.25) is 0 Å². The van der Waals surface area contributed by atoms with Crippen LogP contribution in [-0.4, -0.2) is 37.2 Å². The van der Waals surface area contributed by atoms with Gasteiger partial charge in [-0.25, -0.2) is 0 Å². The zero-order valence-corrected chi connectivity index (χ0v) is 41.7. The third kappa shape index (κ3) is 50.7. The molecule has 0 aromatic heterocycles. The van der Waals surface area contributed by atoms with Crippen molar-refractivity contribution in [3.8, 4) is 0 Å². The Hall–Kier alpha value is -4.19. The van der Waals surface area contributed by atoms with E-state index in [2.05, 4.69) is 130 Å². The molecular weight excluding hydrogens is 805 g/mol. The third-order valence-corrected chi connectivity index (χ3v) is 10.4. The van der Waals surface area contributed by atoms with Gasteiger partial charge in [-0.2, -0.15) is 0 Å². The topological polar surface area (TPSA) is 78.9 Å². The first kappa shape index (κ1) is 60.8. The summed E-state index contributed by atoms with van der Waals surface area (Å²) in [6, 6.07) is 0. The van der Waals surface area contributed by atoms with E-state index >= 15 is 0 Å². The van der Waals surface area contributed by atoms with Gasteiger partial charge in [0, 0.05) is 19.3 Å². The van der Waals surface area contributed by atoms with E-state index < -0.39 is 6.10 Å². The fraction of sp³-hybridized carbons (Fsp3) is 0.610. The molecule has 0 radical (unpaired) electrons. The molecule has 0 N–H and O–H groups in total. The average Bonchev–Trinajstić information content (AvgIpc) is 3.30. The van der Waals surface area contributed by atoms with E-state index in [9.17, 15) is 14.4 Å². The Balaban J connectivity index is 4.59. The first-order chi connectivity index (χ1) is 32.0. The van der Waals surface area contributed by atoms with Gasteiger partial charge < -0.3 is 14.2 Å². The minimum atomic E-state index is -0.834. The number of hydrogen-bond acceptors (Lipinski definition) is 6. The van der Waals surface area contributed by atoms with Crippen LogP contribution in [-0.2, 0) is 28.6 Å². The van der Waals surface area contributed by atoms with Crippen molar-refractivity contribution >= 4 is 17.9 Å². The SMILES string of the molecule is CC/C=C\C/C=C\C/C=C\C/C=C\C/C=C\C/C=C\CCC(=O)OC[C@@H](COC(=O)CCCCCCC/C=C\CCCCCC)OC(=O)CCCC/C=C\C/C=C\C/C=C\CCCCC. The molecule has 0 aliphatic carbocycles. The molecule has 0 aromatic rings. The summed E-state index contributed by atoms with van der Waals surface area (Å²) in [5.74, 6) is -1.07. The highest BCUT2D eigenvalue weighted by atomic mass is 16.6. The van der Waals surface area contributed by atoms with Crippen LogP contribution in [0.1, 0.15) is 213 Å². The van der Waals surface area contributed by atoms with Crippen LogP contribution in [0.25, 0.3) is 0 Å². The van der Waals surface area contributed by atoms with Crippen molar-refractivity contribution in [3.63, 3.8) is 0 Å². The van der Waals surface area contributed by atoms with Crippen molar-refractivity contribution in [2.75, 3.05) is 13.2 Å². The van der Waals surface area contributed by atoms with E-state index in [1.807, 2.05) is 12.2 Å². The fourth-order valence-corrected chi connectivity index (χ4v) is 6.53. The maximum atomic E-state index is 12.8. The number of carbonyl (C=O) groups is 3. The molecule has 0 bridgehead atoms. The number of rotatable bonds is 45. The number of hydrogen-bond donors (Lipinski definition) is 0. The highest BCUT2D eigenvalue weighted by Gasteiger charge is 2.19. The van der Waals surface area contributed by atoms with Crippen LogP contribution in [0.2, 0.25) is 0 Å². The first-order valence-corrected chi connectivity index (χ1v) is 26.0. The molecule has 366 valence electrons. The minimum Gasteiger partial charge on any atom is -0.462 e. The van der Waals surface area contributed by atoms with Crippen LogP contribution < -0.4 is 0 Å². The summed E-state index contributed by atoms with van der Waals surface area (Å²) in [5, 5.41) is 0. The molecule has 0 fully saturated rings. The molecule has 0 saturated heterocycles. The predicted octanol–water partition coefficient (Wildman–Crippen LogP) is 17.3. The normalized spacial score (nSPS) is 13.1. The molecule has 1 atom stereocenters. The molecule has 0 unspecified atom stereocenters. The van der Waals surface area contributed by atoms with Crippen molar-refractivity contribution in [2.24, 2.45) is 0 Å². The lowest BCUT2D eigenvalue weighted by Crippen LogP contribution is -2.30. The van der Waals surface area contributed by atoms with Crippen LogP contribution in [0.4, 0.5) is 0 Å². The number of ether oxygens (including phenoxy) is 3. The standard InChI is InChI=1S/C59H94O6/c1-4-7-10-13-16-19-22-25-27-28-29-30-32-34-37-40-43-46-49-52-58(61)64-55-56(54-63-57(60)51-48-45-42-39-36-33-24-21-18-15-12-9-6-3)65-59(62)53-50-47-44-41-38-35-31-26-23-20-17-14-11-8-5-2/h7,10,16-17,19-21,24-27,29-31,34,37-38,41,43,46,56H,4-6,8-9,11-15,18,22-23,28,32-33,35-36,39-40,42,44-45,47-55H2,1-3H3/b10-7-,19-16-,20-17-,24-21-,27-25-,30-29-,31-26-,37-34-,41-38-,46-43-/t56-/m1/s1. The van der Waals surface area contributed by atoms with Crippen molar-refractivity contribution in [1.82, 2.24) is 0 Å². The zero-order valence-electron chi connectivity index (χ0n) is 41.7. The summed E-state index contributed by atoms with van der Waals surface area (Å²) in [4.78, 5) is 37.9. The monoisotopic (exact) mass is 899 g/mol. The zero-order chi connectivity index (χ0) is 47.2. The third-order valence-electron chi connectivity index (χ3n) is 10.4. The molecule has 0 aromatic carbocycles. The summed E-state index contributed by atoms with van der Waals surface area (Å²) in [7, 11) is 0. The predicted molar refractivity (Wildman–Crippen MR) is 279 cm³/mol. The largest absolute Gasteiger partial charge is 0.462 e. The number of carbonyl (C=O) groups excluding carboxylic acids is 3. The lowest BCUT2D eigenvalue weighted by atomic mass is 10.1. The molecule has 65 heavy (non-hydrogen) atoms. The van der Waals surface area contributed by atoms with Gasteiger partial charge in [0.05, 0.1) is 0 Å². The van der Waals surface area contributed by atoms with Gasteiger partial charge in [0.25, 0.3) is 0 Å². The Morgan fingerprint density at radius 3 is 1.11 bits per heavy atom. The van der Waals surface area contributed by atoms with Gasteiger partial charge in [0.1, 0.15) is 13.2 Å². The molecule has 6 nitrogen and oxygen atoms in total.